The predicted octanol–water partition coefficient (Wildman–Crippen LogP) is 5.68. The molecule has 31 heavy (non-hydrogen) atoms. The fourth-order valence-corrected chi connectivity index (χ4v) is 3.41. The van der Waals surface area contributed by atoms with Gasteiger partial charge in [0, 0.05) is 25.6 Å². The SMILES string of the molecule is CCC(CC)c1nc2cc(N(C)C)c(NC(=O)c3ccc(OC(F)(F)F)cc3)cc2[nH]1. The summed E-state index contributed by atoms with van der Waals surface area (Å²) >= 11 is 0. The van der Waals surface area contributed by atoms with Crippen molar-refractivity contribution in [2.75, 3.05) is 24.3 Å². The molecule has 1 aromatic heterocycles. The number of rotatable bonds is 7. The van der Waals surface area contributed by atoms with E-state index in [1.807, 2.05) is 31.1 Å². The van der Waals surface area contributed by atoms with Crippen LogP contribution in [-0.4, -0.2) is 36.3 Å². The molecule has 0 fully saturated rings. The summed E-state index contributed by atoms with van der Waals surface area (Å²) in [6.45, 7) is 4.23. The van der Waals surface area contributed by atoms with Gasteiger partial charge in [0.25, 0.3) is 5.91 Å². The Morgan fingerprint density at radius 2 is 1.81 bits per heavy atom. The van der Waals surface area contributed by atoms with Crippen molar-refractivity contribution in [3.8, 4) is 5.75 Å². The Morgan fingerprint density at radius 3 is 2.35 bits per heavy atom. The zero-order valence-electron chi connectivity index (χ0n) is 17.8. The molecule has 166 valence electrons. The smallest absolute Gasteiger partial charge is 0.406 e. The van der Waals surface area contributed by atoms with Crippen LogP contribution in [0.5, 0.6) is 5.75 Å². The van der Waals surface area contributed by atoms with Crippen LogP contribution in [0.25, 0.3) is 11.0 Å². The number of carbonyl (C=O) groups excluding carboxylic acids is 1. The van der Waals surface area contributed by atoms with E-state index in [0.29, 0.717) is 11.6 Å². The minimum Gasteiger partial charge on any atom is -0.406 e. The van der Waals surface area contributed by atoms with Crippen molar-refractivity contribution < 1.29 is 22.7 Å². The van der Waals surface area contributed by atoms with Crippen LogP contribution in [0.3, 0.4) is 0 Å². The second kappa shape index (κ2) is 8.87. The number of carbonyl (C=O) groups is 1. The third-order valence-electron chi connectivity index (χ3n) is 5.07. The summed E-state index contributed by atoms with van der Waals surface area (Å²) < 4.78 is 40.8. The lowest BCUT2D eigenvalue weighted by atomic mass is 10.0. The molecule has 0 bridgehead atoms. The fourth-order valence-electron chi connectivity index (χ4n) is 3.41. The minimum absolute atomic E-state index is 0.210. The Kier molecular flexibility index (Phi) is 6.42. The number of aromatic amines is 1. The summed E-state index contributed by atoms with van der Waals surface area (Å²) in [4.78, 5) is 22.6. The molecule has 2 aromatic carbocycles. The van der Waals surface area contributed by atoms with E-state index in [1.165, 1.54) is 12.1 Å². The maximum atomic E-state index is 12.7. The van der Waals surface area contributed by atoms with Crippen LogP contribution in [0.2, 0.25) is 0 Å². The highest BCUT2D eigenvalue weighted by Gasteiger charge is 2.31. The predicted molar refractivity (Wildman–Crippen MR) is 115 cm³/mol. The summed E-state index contributed by atoms with van der Waals surface area (Å²) in [6.07, 6.45) is -2.85. The van der Waals surface area contributed by atoms with Crippen molar-refractivity contribution in [3.05, 3.63) is 47.8 Å². The molecule has 0 atom stereocenters. The number of benzene rings is 2. The van der Waals surface area contributed by atoms with Gasteiger partial charge < -0.3 is 19.9 Å². The van der Waals surface area contributed by atoms with Crippen LogP contribution in [-0.2, 0) is 0 Å². The second-order valence-electron chi connectivity index (χ2n) is 7.44. The van der Waals surface area contributed by atoms with E-state index in [1.54, 1.807) is 0 Å². The molecule has 0 saturated heterocycles. The monoisotopic (exact) mass is 434 g/mol. The van der Waals surface area contributed by atoms with E-state index in [2.05, 4.69) is 28.9 Å². The topological polar surface area (TPSA) is 70.2 Å². The summed E-state index contributed by atoms with van der Waals surface area (Å²) in [7, 11) is 3.71. The second-order valence-corrected chi connectivity index (χ2v) is 7.44. The lowest BCUT2D eigenvalue weighted by Gasteiger charge is -2.18. The maximum absolute atomic E-state index is 12.7. The average Bonchev–Trinajstić information content (AvgIpc) is 3.10. The normalized spacial score (nSPS) is 11.7. The number of alkyl halides is 3. The molecule has 0 spiro atoms. The molecule has 0 aliphatic carbocycles. The highest BCUT2D eigenvalue weighted by Crippen LogP contribution is 2.32. The molecule has 0 aliphatic heterocycles. The van der Waals surface area contributed by atoms with Gasteiger partial charge in [0.2, 0.25) is 0 Å². The van der Waals surface area contributed by atoms with E-state index in [-0.39, 0.29) is 11.3 Å². The van der Waals surface area contributed by atoms with Gasteiger partial charge in [0.15, 0.2) is 0 Å². The number of ether oxygens (including phenoxy) is 1. The van der Waals surface area contributed by atoms with Gasteiger partial charge in [-0.3, -0.25) is 4.79 Å². The summed E-state index contributed by atoms with van der Waals surface area (Å²) in [5, 5.41) is 2.84. The largest absolute Gasteiger partial charge is 0.573 e. The van der Waals surface area contributed by atoms with Gasteiger partial charge in [0.1, 0.15) is 11.6 Å². The zero-order chi connectivity index (χ0) is 22.8. The first-order valence-corrected chi connectivity index (χ1v) is 9.99. The van der Waals surface area contributed by atoms with E-state index in [4.69, 9.17) is 4.98 Å². The minimum atomic E-state index is -4.78. The van der Waals surface area contributed by atoms with E-state index in [0.717, 1.165) is 47.5 Å². The molecule has 2 N–H and O–H groups in total. The van der Waals surface area contributed by atoms with Crippen LogP contribution in [0.15, 0.2) is 36.4 Å². The Hall–Kier alpha value is -3.23. The average molecular weight is 434 g/mol. The number of amides is 1. The molecule has 3 rings (SSSR count). The number of anilines is 2. The van der Waals surface area contributed by atoms with Crippen molar-refractivity contribution >= 4 is 28.3 Å². The molecular formula is C22H25F3N4O2. The number of hydrogen-bond donors (Lipinski definition) is 2. The van der Waals surface area contributed by atoms with Gasteiger partial charge in [-0.2, -0.15) is 0 Å². The number of hydrogen-bond acceptors (Lipinski definition) is 4. The first-order chi connectivity index (χ1) is 14.6. The van der Waals surface area contributed by atoms with Crippen LogP contribution < -0.4 is 15.0 Å². The fraction of sp³-hybridized carbons (Fsp3) is 0.364. The maximum Gasteiger partial charge on any atom is 0.573 e. The number of fused-ring (bicyclic) bond motifs is 1. The zero-order valence-corrected chi connectivity index (χ0v) is 17.8. The molecule has 0 radical (unpaired) electrons. The van der Waals surface area contributed by atoms with E-state index < -0.39 is 12.3 Å². The Bertz CT molecular complexity index is 1060. The van der Waals surface area contributed by atoms with Gasteiger partial charge in [-0.05, 0) is 49.2 Å². The Balaban J connectivity index is 1.88. The molecule has 3 aromatic rings. The van der Waals surface area contributed by atoms with E-state index in [9.17, 15) is 18.0 Å². The van der Waals surface area contributed by atoms with Gasteiger partial charge in [0.05, 0.1) is 22.4 Å². The lowest BCUT2D eigenvalue weighted by molar-refractivity contribution is -0.274. The number of nitrogens with one attached hydrogen (secondary N) is 2. The third kappa shape index (κ3) is 5.28. The van der Waals surface area contributed by atoms with Gasteiger partial charge >= 0.3 is 6.36 Å². The lowest BCUT2D eigenvalue weighted by Crippen LogP contribution is -2.18. The molecule has 1 heterocycles. The molecule has 6 nitrogen and oxygen atoms in total. The summed E-state index contributed by atoms with van der Waals surface area (Å²) in [5.41, 5.74) is 3.15. The van der Waals surface area contributed by atoms with Crippen molar-refractivity contribution in [2.24, 2.45) is 0 Å². The van der Waals surface area contributed by atoms with Crippen molar-refractivity contribution in [2.45, 2.75) is 39.0 Å². The quantitative estimate of drug-likeness (QED) is 0.502. The molecule has 0 unspecified atom stereocenters. The van der Waals surface area contributed by atoms with Crippen molar-refractivity contribution in [1.29, 1.82) is 0 Å². The molecule has 0 saturated carbocycles. The van der Waals surface area contributed by atoms with Crippen LogP contribution in [0.1, 0.15) is 48.8 Å². The molecule has 1 amide bonds. The van der Waals surface area contributed by atoms with Crippen molar-refractivity contribution in [3.63, 3.8) is 0 Å². The number of imidazole rings is 1. The summed E-state index contributed by atoms with van der Waals surface area (Å²) in [6, 6.07) is 8.50. The first kappa shape index (κ1) is 22.5. The van der Waals surface area contributed by atoms with Crippen LogP contribution in [0.4, 0.5) is 24.5 Å². The molecule has 9 heteroatoms. The van der Waals surface area contributed by atoms with Crippen LogP contribution >= 0.6 is 0 Å². The van der Waals surface area contributed by atoms with E-state index >= 15 is 0 Å². The molecule has 0 aliphatic rings. The van der Waals surface area contributed by atoms with Crippen molar-refractivity contribution in [1.82, 2.24) is 9.97 Å². The highest BCUT2D eigenvalue weighted by molar-refractivity contribution is 6.07. The highest BCUT2D eigenvalue weighted by atomic mass is 19.4. The summed E-state index contributed by atoms with van der Waals surface area (Å²) in [5.74, 6) is 0.408. The van der Waals surface area contributed by atoms with Gasteiger partial charge in [-0.25, -0.2) is 4.98 Å². The number of nitrogens with zero attached hydrogens (tertiary/aromatic N) is 2. The third-order valence-corrected chi connectivity index (χ3v) is 5.07. The number of halogens is 3. The number of H-pyrrole nitrogens is 1. The van der Waals surface area contributed by atoms with Crippen LogP contribution in [0, 0.1) is 0 Å². The molecular weight excluding hydrogens is 409 g/mol. The number of aromatic nitrogens is 2. The Labute approximate surface area is 178 Å². The Morgan fingerprint density at radius 1 is 1.16 bits per heavy atom. The van der Waals surface area contributed by atoms with Gasteiger partial charge in [-0.15, -0.1) is 13.2 Å². The van der Waals surface area contributed by atoms with Gasteiger partial charge in [-0.1, -0.05) is 13.8 Å². The standard InChI is InChI=1S/C22H25F3N4O2/c1-5-13(6-2)20-26-16-11-18(19(29(3)4)12-17(16)27-20)28-21(30)14-7-9-15(10-8-14)31-22(23,24)25/h7-13H,5-6H2,1-4H3,(H,26,27)(H,28,30). The first-order valence-electron chi connectivity index (χ1n) is 9.99.